The van der Waals surface area contributed by atoms with Crippen LogP contribution in [0.4, 0.5) is 0 Å². The molecule has 1 fully saturated rings. The van der Waals surface area contributed by atoms with Crippen LogP contribution in [0.5, 0.6) is 11.5 Å². The van der Waals surface area contributed by atoms with Gasteiger partial charge >= 0.3 is 0 Å². The van der Waals surface area contributed by atoms with Crippen LogP contribution in [-0.2, 0) is 9.59 Å². The molecule has 7 heteroatoms. The number of Topliss-reactive ketones (excluding diaryl/α,β-unsaturated/α-hetero) is 1. The largest absolute Gasteiger partial charge is 0.507 e. The third-order valence-electron chi connectivity index (χ3n) is 6.02. The third-order valence-corrected chi connectivity index (χ3v) is 6.02. The van der Waals surface area contributed by atoms with E-state index in [1.54, 1.807) is 54.5 Å². The smallest absolute Gasteiger partial charge is 0.295 e. The van der Waals surface area contributed by atoms with E-state index in [9.17, 15) is 14.7 Å². The molecule has 34 heavy (non-hydrogen) atoms. The molecule has 0 spiro atoms. The summed E-state index contributed by atoms with van der Waals surface area (Å²) >= 11 is 0. The number of aliphatic hydroxyl groups excluding tert-OH is 1. The monoisotopic (exact) mass is 464 g/mol. The van der Waals surface area contributed by atoms with Crippen LogP contribution in [-0.4, -0.2) is 66.5 Å². The standard InChI is InChI=1S/C27H32N2O5/c1-5-18-34-22-14-8-19(9-15-22)24-23(25(30)20-10-12-21(33-4)13-11-20)26(31)27(32)29(24)17-16-28(6-2)7-3/h5,8-15,24,30H,1,6-7,16-18H2,2-4H3/b25-23-. The van der Waals surface area contributed by atoms with E-state index in [0.29, 0.717) is 36.8 Å². The summed E-state index contributed by atoms with van der Waals surface area (Å²) in [6.07, 6.45) is 1.66. The zero-order valence-corrected chi connectivity index (χ0v) is 20.0. The molecule has 1 N–H and O–H groups in total. The Balaban J connectivity index is 2.05. The zero-order chi connectivity index (χ0) is 24.7. The molecule has 1 saturated heterocycles. The van der Waals surface area contributed by atoms with Crippen molar-refractivity contribution < 1.29 is 24.2 Å². The van der Waals surface area contributed by atoms with Crippen LogP contribution in [0.2, 0.25) is 0 Å². The first-order chi connectivity index (χ1) is 16.4. The summed E-state index contributed by atoms with van der Waals surface area (Å²) in [5.41, 5.74) is 1.24. The van der Waals surface area contributed by atoms with Crippen molar-refractivity contribution in [2.24, 2.45) is 0 Å². The summed E-state index contributed by atoms with van der Waals surface area (Å²) in [6, 6.07) is 13.3. The molecule has 3 rings (SSSR count). The van der Waals surface area contributed by atoms with Crippen LogP contribution in [0.3, 0.4) is 0 Å². The fraction of sp³-hybridized carbons (Fsp3) is 0.333. The Morgan fingerprint density at radius 1 is 1.06 bits per heavy atom. The molecule has 0 radical (unpaired) electrons. The van der Waals surface area contributed by atoms with Crippen molar-refractivity contribution in [3.05, 3.63) is 77.9 Å². The molecule has 7 nitrogen and oxygen atoms in total. The van der Waals surface area contributed by atoms with E-state index in [2.05, 4.69) is 25.3 Å². The number of methoxy groups -OCH3 is 1. The molecule has 2 aromatic carbocycles. The van der Waals surface area contributed by atoms with Crippen molar-refractivity contribution in [3.8, 4) is 11.5 Å². The number of aliphatic hydroxyl groups is 1. The van der Waals surface area contributed by atoms with Gasteiger partial charge in [-0.15, -0.1) is 0 Å². The molecule has 0 aromatic heterocycles. The fourth-order valence-corrected chi connectivity index (χ4v) is 4.05. The number of rotatable bonds is 11. The summed E-state index contributed by atoms with van der Waals surface area (Å²) < 4.78 is 10.8. The number of amides is 1. The summed E-state index contributed by atoms with van der Waals surface area (Å²) in [5, 5.41) is 11.2. The van der Waals surface area contributed by atoms with E-state index in [0.717, 1.165) is 18.7 Å². The highest BCUT2D eigenvalue weighted by Crippen LogP contribution is 2.39. The highest BCUT2D eigenvalue weighted by molar-refractivity contribution is 6.46. The van der Waals surface area contributed by atoms with E-state index in [1.165, 1.54) is 0 Å². The Bertz CT molecular complexity index is 1040. The predicted molar refractivity (Wildman–Crippen MR) is 132 cm³/mol. The second kappa shape index (κ2) is 11.5. The van der Waals surface area contributed by atoms with Crippen molar-refractivity contribution in [2.45, 2.75) is 19.9 Å². The van der Waals surface area contributed by atoms with Gasteiger partial charge in [0.1, 0.15) is 23.9 Å². The molecule has 180 valence electrons. The van der Waals surface area contributed by atoms with Gasteiger partial charge in [0.2, 0.25) is 0 Å². The number of hydrogen-bond acceptors (Lipinski definition) is 6. The van der Waals surface area contributed by atoms with Gasteiger partial charge in [0.25, 0.3) is 11.7 Å². The van der Waals surface area contributed by atoms with Gasteiger partial charge in [0.05, 0.1) is 18.7 Å². The maximum Gasteiger partial charge on any atom is 0.295 e. The van der Waals surface area contributed by atoms with E-state index in [1.807, 2.05) is 12.1 Å². The number of hydrogen-bond donors (Lipinski definition) is 1. The zero-order valence-electron chi connectivity index (χ0n) is 20.0. The molecule has 1 heterocycles. The quantitative estimate of drug-likeness (QED) is 0.234. The molecular formula is C27H32N2O5. The molecule has 1 unspecified atom stereocenters. The highest BCUT2D eigenvalue weighted by Gasteiger charge is 2.45. The van der Waals surface area contributed by atoms with Gasteiger partial charge in [-0.2, -0.15) is 0 Å². The number of carbonyl (C=O) groups is 2. The van der Waals surface area contributed by atoms with Crippen LogP contribution in [0.25, 0.3) is 5.76 Å². The third kappa shape index (κ3) is 5.31. The predicted octanol–water partition coefficient (Wildman–Crippen LogP) is 4.02. The summed E-state index contributed by atoms with van der Waals surface area (Å²) in [7, 11) is 1.55. The topological polar surface area (TPSA) is 79.3 Å². The van der Waals surface area contributed by atoms with Gasteiger partial charge in [0, 0.05) is 18.7 Å². The minimum absolute atomic E-state index is 0.0782. The summed E-state index contributed by atoms with van der Waals surface area (Å²) in [6.45, 7) is 10.8. The SMILES string of the molecule is C=CCOc1ccc(C2/C(=C(/O)c3ccc(OC)cc3)C(=O)C(=O)N2CCN(CC)CC)cc1. The van der Waals surface area contributed by atoms with E-state index in [4.69, 9.17) is 9.47 Å². The van der Waals surface area contributed by atoms with Crippen LogP contribution < -0.4 is 9.47 Å². The Morgan fingerprint density at radius 2 is 1.68 bits per heavy atom. The molecule has 1 atom stereocenters. The normalized spacial score (nSPS) is 17.3. The molecule has 1 amide bonds. The lowest BCUT2D eigenvalue weighted by molar-refractivity contribution is -0.140. The molecule has 0 saturated carbocycles. The fourth-order valence-electron chi connectivity index (χ4n) is 4.05. The van der Waals surface area contributed by atoms with Gasteiger partial charge in [0.15, 0.2) is 0 Å². The Labute approximate surface area is 200 Å². The van der Waals surface area contributed by atoms with Crippen molar-refractivity contribution in [1.82, 2.24) is 9.80 Å². The lowest BCUT2D eigenvalue weighted by atomic mass is 9.95. The minimum atomic E-state index is -0.703. The van der Waals surface area contributed by atoms with Crippen molar-refractivity contribution in [3.63, 3.8) is 0 Å². The Hall–Kier alpha value is -3.58. The number of likely N-dealkylation sites (tertiary alicyclic amines) is 1. The number of carbonyl (C=O) groups excluding carboxylic acids is 2. The molecule has 1 aliphatic heterocycles. The lowest BCUT2D eigenvalue weighted by Gasteiger charge is -2.28. The van der Waals surface area contributed by atoms with Crippen LogP contribution in [0, 0.1) is 0 Å². The molecule has 0 bridgehead atoms. The van der Waals surface area contributed by atoms with E-state index >= 15 is 0 Å². The maximum absolute atomic E-state index is 13.1. The van der Waals surface area contributed by atoms with Crippen molar-refractivity contribution in [2.75, 3.05) is 39.9 Å². The molecule has 1 aliphatic rings. The second-order valence-corrected chi connectivity index (χ2v) is 7.92. The van der Waals surface area contributed by atoms with Crippen molar-refractivity contribution in [1.29, 1.82) is 0 Å². The molecule has 2 aromatic rings. The Kier molecular flexibility index (Phi) is 8.49. The Morgan fingerprint density at radius 3 is 2.24 bits per heavy atom. The number of nitrogens with zero attached hydrogens (tertiary/aromatic N) is 2. The first kappa shape index (κ1) is 25.1. The second-order valence-electron chi connectivity index (χ2n) is 7.92. The summed E-state index contributed by atoms with van der Waals surface area (Å²) in [4.78, 5) is 30.0. The van der Waals surface area contributed by atoms with Gasteiger partial charge < -0.3 is 24.4 Å². The maximum atomic E-state index is 13.1. The van der Waals surface area contributed by atoms with Crippen LogP contribution >= 0.6 is 0 Å². The number of ketones is 1. The highest BCUT2D eigenvalue weighted by atomic mass is 16.5. The van der Waals surface area contributed by atoms with Crippen molar-refractivity contribution >= 4 is 17.4 Å². The van der Waals surface area contributed by atoms with Gasteiger partial charge in [-0.1, -0.05) is 38.6 Å². The number of ether oxygens (including phenoxy) is 2. The lowest BCUT2D eigenvalue weighted by Crippen LogP contribution is -2.38. The first-order valence-corrected chi connectivity index (χ1v) is 11.4. The first-order valence-electron chi connectivity index (χ1n) is 11.4. The number of benzene rings is 2. The summed E-state index contributed by atoms with van der Waals surface area (Å²) in [5.74, 6) is -0.228. The van der Waals surface area contributed by atoms with Crippen LogP contribution in [0.1, 0.15) is 31.0 Å². The average Bonchev–Trinajstić information content (AvgIpc) is 3.13. The van der Waals surface area contributed by atoms with Gasteiger partial charge in [-0.05, 0) is 55.1 Å². The minimum Gasteiger partial charge on any atom is -0.507 e. The van der Waals surface area contributed by atoms with E-state index < -0.39 is 17.7 Å². The van der Waals surface area contributed by atoms with E-state index in [-0.39, 0.29) is 11.3 Å². The number of likely N-dealkylation sites (N-methyl/N-ethyl adjacent to an activating group) is 1. The molecular weight excluding hydrogens is 432 g/mol. The average molecular weight is 465 g/mol. The van der Waals surface area contributed by atoms with Gasteiger partial charge in [-0.25, -0.2) is 0 Å². The van der Waals surface area contributed by atoms with Crippen LogP contribution in [0.15, 0.2) is 66.8 Å². The molecule has 0 aliphatic carbocycles. The van der Waals surface area contributed by atoms with Gasteiger partial charge in [-0.3, -0.25) is 9.59 Å².